The molecule has 3 rings (SSSR count). The molecule has 0 aromatic heterocycles. The summed E-state index contributed by atoms with van der Waals surface area (Å²) in [6.07, 6.45) is 0.798. The lowest BCUT2D eigenvalue weighted by Gasteiger charge is -2.27. The van der Waals surface area contributed by atoms with E-state index < -0.39 is 11.9 Å². The van der Waals surface area contributed by atoms with Gasteiger partial charge in [-0.15, -0.1) is 0 Å². The van der Waals surface area contributed by atoms with E-state index in [1.807, 2.05) is 0 Å². The second-order valence-corrected chi connectivity index (χ2v) is 4.56. The van der Waals surface area contributed by atoms with E-state index in [4.69, 9.17) is 10.8 Å². The number of amides is 1. The Hall–Kier alpha value is -1.10. The van der Waals surface area contributed by atoms with Crippen LogP contribution in [0.4, 0.5) is 0 Å². The van der Waals surface area contributed by atoms with E-state index in [2.05, 4.69) is 5.32 Å². The maximum Gasteiger partial charge on any atom is 0.307 e. The van der Waals surface area contributed by atoms with Gasteiger partial charge in [-0.3, -0.25) is 9.59 Å². The highest BCUT2D eigenvalue weighted by Crippen LogP contribution is 2.54. The van der Waals surface area contributed by atoms with Gasteiger partial charge in [0, 0.05) is 12.1 Å². The zero-order valence-electron chi connectivity index (χ0n) is 7.51. The summed E-state index contributed by atoms with van der Waals surface area (Å²) >= 11 is 0. The van der Waals surface area contributed by atoms with Crippen molar-refractivity contribution >= 4 is 11.9 Å². The van der Waals surface area contributed by atoms with Gasteiger partial charge in [0.2, 0.25) is 5.91 Å². The predicted octanol–water partition coefficient (Wildman–Crippen LogP) is -1.22. The third-order valence-electron chi connectivity index (χ3n) is 4.12. The topological polar surface area (TPSA) is 92.4 Å². The monoisotopic (exact) mass is 196 g/mol. The molecule has 1 amide bonds. The molecule has 2 aliphatic carbocycles. The Morgan fingerprint density at radius 1 is 1.50 bits per heavy atom. The molecule has 6 atom stereocenters. The molecule has 3 aliphatic rings. The van der Waals surface area contributed by atoms with Gasteiger partial charge in [0.1, 0.15) is 0 Å². The molecular weight excluding hydrogens is 184 g/mol. The van der Waals surface area contributed by atoms with E-state index in [1.165, 1.54) is 0 Å². The fourth-order valence-corrected chi connectivity index (χ4v) is 3.62. The average molecular weight is 196 g/mol. The fourth-order valence-electron chi connectivity index (χ4n) is 3.62. The van der Waals surface area contributed by atoms with E-state index in [9.17, 15) is 9.59 Å². The van der Waals surface area contributed by atoms with Gasteiger partial charge in [0.15, 0.2) is 0 Å². The van der Waals surface area contributed by atoms with Crippen molar-refractivity contribution in [3.8, 4) is 0 Å². The summed E-state index contributed by atoms with van der Waals surface area (Å²) < 4.78 is 0. The van der Waals surface area contributed by atoms with Crippen LogP contribution < -0.4 is 11.1 Å². The summed E-state index contributed by atoms with van der Waals surface area (Å²) in [6.45, 7) is 0. The summed E-state index contributed by atoms with van der Waals surface area (Å²) in [6, 6.07) is -0.128. The lowest BCUT2D eigenvalue weighted by molar-refractivity contribution is -0.147. The van der Waals surface area contributed by atoms with Crippen molar-refractivity contribution in [2.45, 2.75) is 18.5 Å². The van der Waals surface area contributed by atoms with Crippen molar-refractivity contribution in [3.05, 3.63) is 0 Å². The summed E-state index contributed by atoms with van der Waals surface area (Å²) in [4.78, 5) is 22.6. The van der Waals surface area contributed by atoms with Crippen LogP contribution in [0.15, 0.2) is 0 Å². The molecule has 4 N–H and O–H groups in total. The lowest BCUT2D eigenvalue weighted by Crippen LogP contribution is -2.47. The van der Waals surface area contributed by atoms with E-state index >= 15 is 0 Å². The molecule has 0 spiro atoms. The lowest BCUT2D eigenvalue weighted by atomic mass is 9.78. The summed E-state index contributed by atoms with van der Waals surface area (Å²) in [5.41, 5.74) is 5.91. The van der Waals surface area contributed by atoms with E-state index in [-0.39, 0.29) is 35.7 Å². The molecule has 0 unspecified atom stereocenters. The fraction of sp³-hybridized carbons (Fsp3) is 0.778. The zero-order valence-corrected chi connectivity index (χ0v) is 7.51. The predicted molar refractivity (Wildman–Crippen MR) is 46.1 cm³/mol. The molecule has 1 heterocycles. The molecule has 0 aromatic carbocycles. The Kier molecular flexibility index (Phi) is 1.34. The Balaban J connectivity index is 2.04. The summed E-state index contributed by atoms with van der Waals surface area (Å²) in [5.74, 6) is -1.68. The number of aliphatic carboxylic acids is 1. The highest BCUT2D eigenvalue weighted by molar-refractivity contribution is 5.89. The highest BCUT2D eigenvalue weighted by Gasteiger charge is 2.65. The maximum atomic E-state index is 11.5. The van der Waals surface area contributed by atoms with Crippen molar-refractivity contribution in [1.82, 2.24) is 5.32 Å². The average Bonchev–Trinajstić information content (AvgIpc) is 2.67. The number of carboxylic acid groups (broad SMARTS) is 1. The molecule has 0 radical (unpaired) electrons. The second-order valence-electron chi connectivity index (χ2n) is 4.56. The van der Waals surface area contributed by atoms with Gasteiger partial charge in [-0.25, -0.2) is 0 Å². The molecule has 0 aromatic rings. The Labute approximate surface area is 80.6 Å². The van der Waals surface area contributed by atoms with Crippen LogP contribution in [0.1, 0.15) is 6.42 Å². The minimum absolute atomic E-state index is 0.00792. The summed E-state index contributed by atoms with van der Waals surface area (Å²) in [5, 5.41) is 11.9. The SMILES string of the molecule is N[C@@H]1[C@H]2C[C@H]3[C@@H]1NC(=O)[C@H]3[C@@H]2C(=O)O. The Morgan fingerprint density at radius 2 is 2.21 bits per heavy atom. The van der Waals surface area contributed by atoms with Crippen LogP contribution in [0.25, 0.3) is 0 Å². The molecular formula is C9H12N2O3. The van der Waals surface area contributed by atoms with Crippen molar-refractivity contribution < 1.29 is 14.7 Å². The largest absolute Gasteiger partial charge is 0.481 e. The number of carbonyl (C=O) groups excluding carboxylic acids is 1. The van der Waals surface area contributed by atoms with Crippen molar-refractivity contribution in [2.75, 3.05) is 0 Å². The van der Waals surface area contributed by atoms with Crippen LogP contribution in [0.2, 0.25) is 0 Å². The van der Waals surface area contributed by atoms with E-state index in [1.54, 1.807) is 0 Å². The first-order chi connectivity index (χ1) is 6.61. The van der Waals surface area contributed by atoms with Gasteiger partial charge in [-0.1, -0.05) is 0 Å². The summed E-state index contributed by atoms with van der Waals surface area (Å²) in [7, 11) is 0. The molecule has 5 heteroatoms. The van der Waals surface area contributed by atoms with Crippen LogP contribution in [-0.4, -0.2) is 29.1 Å². The molecule has 1 aliphatic heterocycles. The third kappa shape index (κ3) is 0.706. The van der Waals surface area contributed by atoms with E-state index in [0.29, 0.717) is 0 Å². The zero-order chi connectivity index (χ0) is 10.0. The number of fused-ring (bicyclic) bond motifs is 1. The van der Waals surface area contributed by atoms with Crippen molar-refractivity contribution in [1.29, 1.82) is 0 Å². The number of rotatable bonds is 1. The standard InChI is InChI=1S/C9H12N2O3/c10-6-2-1-3-4(5(2)9(13)14)8(12)11-7(3)6/h2-7H,1,10H2,(H,11,12)(H,13,14)/t2-,3+,4+,5+,6+,7-/m0/s1. The molecule has 1 saturated heterocycles. The third-order valence-corrected chi connectivity index (χ3v) is 4.12. The quantitative estimate of drug-likeness (QED) is 0.490. The van der Waals surface area contributed by atoms with Gasteiger partial charge in [0.05, 0.1) is 11.8 Å². The molecule has 76 valence electrons. The van der Waals surface area contributed by atoms with Gasteiger partial charge in [0.25, 0.3) is 0 Å². The minimum Gasteiger partial charge on any atom is -0.481 e. The Morgan fingerprint density at radius 3 is 2.86 bits per heavy atom. The maximum absolute atomic E-state index is 11.5. The number of hydrogen-bond donors (Lipinski definition) is 3. The number of carboxylic acids is 1. The number of hydrogen-bond acceptors (Lipinski definition) is 3. The van der Waals surface area contributed by atoms with Crippen LogP contribution in [0, 0.1) is 23.7 Å². The van der Waals surface area contributed by atoms with Gasteiger partial charge in [-0.05, 0) is 18.3 Å². The molecule has 2 saturated carbocycles. The van der Waals surface area contributed by atoms with Gasteiger partial charge < -0.3 is 16.2 Å². The smallest absolute Gasteiger partial charge is 0.307 e. The molecule has 2 bridgehead atoms. The van der Waals surface area contributed by atoms with Crippen molar-refractivity contribution in [2.24, 2.45) is 29.4 Å². The number of carbonyl (C=O) groups is 2. The number of nitrogens with two attached hydrogens (primary N) is 1. The van der Waals surface area contributed by atoms with Gasteiger partial charge >= 0.3 is 5.97 Å². The minimum atomic E-state index is -0.867. The van der Waals surface area contributed by atoms with Crippen LogP contribution in [0.3, 0.4) is 0 Å². The second kappa shape index (κ2) is 2.28. The highest BCUT2D eigenvalue weighted by atomic mass is 16.4. The van der Waals surface area contributed by atoms with E-state index in [0.717, 1.165) is 6.42 Å². The Bertz CT molecular complexity index is 330. The first kappa shape index (κ1) is 8.23. The normalized spacial score (nSPS) is 53.6. The molecule has 5 nitrogen and oxygen atoms in total. The van der Waals surface area contributed by atoms with Crippen molar-refractivity contribution in [3.63, 3.8) is 0 Å². The first-order valence-corrected chi connectivity index (χ1v) is 4.90. The molecule has 3 fully saturated rings. The number of nitrogens with one attached hydrogen (secondary N) is 1. The van der Waals surface area contributed by atoms with Gasteiger partial charge in [-0.2, -0.15) is 0 Å². The first-order valence-electron chi connectivity index (χ1n) is 4.90. The van der Waals surface area contributed by atoms with Crippen LogP contribution in [-0.2, 0) is 9.59 Å². The molecule has 14 heavy (non-hydrogen) atoms. The van der Waals surface area contributed by atoms with Crippen LogP contribution >= 0.6 is 0 Å². The van der Waals surface area contributed by atoms with Crippen LogP contribution in [0.5, 0.6) is 0 Å².